The molecule has 0 radical (unpaired) electrons. The minimum absolute atomic E-state index is 0.0559. The van der Waals surface area contributed by atoms with Gasteiger partial charge in [0.2, 0.25) is 0 Å². The Morgan fingerprint density at radius 2 is 1.39 bits per heavy atom. The van der Waals surface area contributed by atoms with Gasteiger partial charge in [-0.25, -0.2) is 0 Å². The minimum Gasteiger partial charge on any atom is -0.481 e. The molecule has 0 amide bonds. The number of aliphatic hydroxyl groups excluding tert-OH is 1. The summed E-state index contributed by atoms with van der Waals surface area (Å²) in [6.45, 7) is 0.213. The summed E-state index contributed by atoms with van der Waals surface area (Å²) in [6.07, 6.45) is 5.11. The van der Waals surface area contributed by atoms with Gasteiger partial charge in [-0.1, -0.05) is 60.7 Å². The first-order chi connectivity index (χ1) is 15.0. The SMILES string of the molecule is O=C(O)C1CC1(CCCS(=O)CCCC1(c2ccccc2)CC1CO)c1ccccc1. The van der Waals surface area contributed by atoms with Crippen LogP contribution in [0.15, 0.2) is 60.7 Å². The maximum Gasteiger partial charge on any atom is 0.307 e. The van der Waals surface area contributed by atoms with E-state index < -0.39 is 16.8 Å². The highest BCUT2D eigenvalue weighted by atomic mass is 32.2. The summed E-state index contributed by atoms with van der Waals surface area (Å²) in [5.74, 6) is 0.575. The van der Waals surface area contributed by atoms with E-state index in [1.54, 1.807) is 0 Å². The molecule has 2 fully saturated rings. The first-order valence-corrected chi connectivity index (χ1v) is 12.8. The standard InChI is InChI=1S/C26H32O4S/c27-19-22-17-25(22,20-9-3-1-4-10-20)13-7-15-31(30)16-8-14-26(18-23(26)24(28)29)21-11-5-2-6-12-21/h1-6,9-12,22-23,27H,7-8,13-19H2,(H,28,29). The monoisotopic (exact) mass is 440 g/mol. The number of hydrogen-bond donors (Lipinski definition) is 2. The second-order valence-corrected chi connectivity index (χ2v) is 11.0. The van der Waals surface area contributed by atoms with Crippen LogP contribution >= 0.6 is 0 Å². The maximum atomic E-state index is 12.6. The maximum absolute atomic E-state index is 12.6. The van der Waals surface area contributed by atoms with Gasteiger partial charge < -0.3 is 10.2 Å². The zero-order valence-corrected chi connectivity index (χ0v) is 18.7. The second kappa shape index (κ2) is 9.25. The number of benzene rings is 2. The van der Waals surface area contributed by atoms with Gasteiger partial charge in [-0.05, 0) is 55.6 Å². The molecule has 31 heavy (non-hydrogen) atoms. The molecule has 2 N–H and O–H groups in total. The Bertz CT molecular complexity index is 916. The Balaban J connectivity index is 1.26. The molecule has 2 aliphatic rings. The molecule has 0 heterocycles. The van der Waals surface area contributed by atoms with Crippen LogP contribution in [0.1, 0.15) is 49.7 Å². The number of carboxylic acids is 1. The molecule has 0 bridgehead atoms. The summed E-state index contributed by atoms with van der Waals surface area (Å²) < 4.78 is 12.6. The summed E-state index contributed by atoms with van der Waals surface area (Å²) in [7, 11) is -0.892. The number of rotatable bonds is 12. The van der Waals surface area contributed by atoms with Crippen LogP contribution in [0, 0.1) is 11.8 Å². The highest BCUT2D eigenvalue weighted by Gasteiger charge is 2.58. The van der Waals surface area contributed by atoms with E-state index in [4.69, 9.17) is 0 Å². The third-order valence-corrected chi connectivity index (χ3v) is 9.00. The molecule has 5 unspecified atom stereocenters. The van der Waals surface area contributed by atoms with Crippen molar-refractivity contribution >= 4 is 16.8 Å². The molecule has 2 aliphatic carbocycles. The van der Waals surface area contributed by atoms with Crippen LogP contribution in [-0.4, -0.2) is 38.5 Å². The van der Waals surface area contributed by atoms with E-state index in [1.807, 2.05) is 48.5 Å². The number of carbonyl (C=O) groups is 1. The minimum atomic E-state index is -0.892. The lowest BCUT2D eigenvalue weighted by molar-refractivity contribution is -0.139. The average molecular weight is 441 g/mol. The van der Waals surface area contributed by atoms with Crippen LogP contribution < -0.4 is 0 Å². The van der Waals surface area contributed by atoms with E-state index in [9.17, 15) is 19.2 Å². The number of aliphatic carboxylic acids is 1. The number of aliphatic hydroxyl groups is 1. The van der Waals surface area contributed by atoms with Crippen LogP contribution in [0.25, 0.3) is 0 Å². The quantitative estimate of drug-likeness (QED) is 0.516. The van der Waals surface area contributed by atoms with E-state index in [1.165, 1.54) is 5.56 Å². The predicted molar refractivity (Wildman–Crippen MR) is 124 cm³/mol. The highest BCUT2D eigenvalue weighted by Crippen LogP contribution is 2.58. The lowest BCUT2D eigenvalue weighted by Gasteiger charge is -2.18. The summed E-state index contributed by atoms with van der Waals surface area (Å²) in [6, 6.07) is 20.3. The van der Waals surface area contributed by atoms with E-state index in [-0.39, 0.29) is 23.4 Å². The smallest absolute Gasteiger partial charge is 0.307 e. The first kappa shape index (κ1) is 22.2. The lowest BCUT2D eigenvalue weighted by Crippen LogP contribution is -2.17. The largest absolute Gasteiger partial charge is 0.481 e. The van der Waals surface area contributed by atoms with Crippen molar-refractivity contribution in [1.29, 1.82) is 0 Å². The van der Waals surface area contributed by atoms with Crippen LogP contribution in [0.3, 0.4) is 0 Å². The fourth-order valence-corrected chi connectivity index (χ4v) is 6.67. The zero-order valence-electron chi connectivity index (χ0n) is 17.9. The van der Waals surface area contributed by atoms with Gasteiger partial charge in [0.25, 0.3) is 0 Å². The van der Waals surface area contributed by atoms with Crippen LogP contribution in [0.5, 0.6) is 0 Å². The molecule has 2 aromatic rings. The highest BCUT2D eigenvalue weighted by molar-refractivity contribution is 7.84. The van der Waals surface area contributed by atoms with E-state index in [2.05, 4.69) is 12.1 Å². The molecule has 4 rings (SSSR count). The summed E-state index contributed by atoms with van der Waals surface area (Å²) in [5.41, 5.74) is 2.16. The predicted octanol–water partition coefficient (Wildman–Crippen LogP) is 4.29. The van der Waals surface area contributed by atoms with Gasteiger partial charge in [-0.15, -0.1) is 0 Å². The normalized spacial score (nSPS) is 30.0. The molecule has 0 saturated heterocycles. The van der Waals surface area contributed by atoms with Crippen LogP contribution in [-0.2, 0) is 26.4 Å². The Labute approximate surface area is 187 Å². The molecule has 4 nitrogen and oxygen atoms in total. The van der Waals surface area contributed by atoms with Gasteiger partial charge >= 0.3 is 5.97 Å². The van der Waals surface area contributed by atoms with Crippen molar-refractivity contribution in [1.82, 2.24) is 0 Å². The molecule has 5 heteroatoms. The summed E-state index contributed by atoms with van der Waals surface area (Å²) in [4.78, 5) is 11.6. The molecule has 2 aromatic carbocycles. The Hall–Kier alpha value is -1.98. The molecule has 2 saturated carbocycles. The topological polar surface area (TPSA) is 74.6 Å². The fraction of sp³-hybridized carbons (Fsp3) is 0.500. The van der Waals surface area contributed by atoms with Crippen LogP contribution in [0.4, 0.5) is 0 Å². The van der Waals surface area contributed by atoms with Crippen LogP contribution in [0.2, 0.25) is 0 Å². The van der Waals surface area contributed by atoms with Crippen molar-refractivity contribution in [2.24, 2.45) is 11.8 Å². The van der Waals surface area contributed by atoms with Gasteiger partial charge in [-0.2, -0.15) is 0 Å². The molecule has 0 aromatic heterocycles. The van der Waals surface area contributed by atoms with Gasteiger partial charge in [0.05, 0.1) is 5.92 Å². The molecule has 5 atom stereocenters. The van der Waals surface area contributed by atoms with Crippen molar-refractivity contribution in [2.45, 2.75) is 49.4 Å². The van der Waals surface area contributed by atoms with Gasteiger partial charge in [0.1, 0.15) is 0 Å². The molecular weight excluding hydrogens is 408 g/mol. The molecule has 166 valence electrons. The van der Waals surface area contributed by atoms with Crippen molar-refractivity contribution in [3.8, 4) is 0 Å². The van der Waals surface area contributed by atoms with Gasteiger partial charge in [0.15, 0.2) is 0 Å². The average Bonchev–Trinajstić information content (AvgIpc) is 3.70. The number of carboxylic acid groups (broad SMARTS) is 1. The third-order valence-electron chi connectivity index (χ3n) is 7.51. The van der Waals surface area contributed by atoms with Crippen molar-refractivity contribution in [2.75, 3.05) is 18.1 Å². The first-order valence-electron chi connectivity index (χ1n) is 11.3. The van der Waals surface area contributed by atoms with E-state index in [0.717, 1.165) is 37.7 Å². The molecular formula is C26H32O4S. The van der Waals surface area contributed by atoms with Gasteiger partial charge in [-0.3, -0.25) is 9.00 Å². The van der Waals surface area contributed by atoms with E-state index >= 15 is 0 Å². The lowest BCUT2D eigenvalue weighted by atomic mass is 9.89. The Kier molecular flexibility index (Phi) is 6.63. The molecule has 0 spiro atoms. The number of hydrogen-bond acceptors (Lipinski definition) is 3. The Morgan fingerprint density at radius 1 is 0.871 bits per heavy atom. The van der Waals surface area contributed by atoms with Crippen molar-refractivity contribution < 1.29 is 19.2 Å². The van der Waals surface area contributed by atoms with Crippen molar-refractivity contribution in [3.05, 3.63) is 71.8 Å². The summed E-state index contributed by atoms with van der Waals surface area (Å²) in [5, 5.41) is 19.2. The van der Waals surface area contributed by atoms with E-state index in [0.29, 0.717) is 23.8 Å². The summed E-state index contributed by atoms with van der Waals surface area (Å²) >= 11 is 0. The fourth-order valence-electron chi connectivity index (χ4n) is 5.53. The second-order valence-electron chi connectivity index (χ2n) is 9.28. The zero-order chi connectivity index (χ0) is 21.9. The van der Waals surface area contributed by atoms with Gasteiger partial charge in [0, 0.05) is 39.7 Å². The van der Waals surface area contributed by atoms with Crippen molar-refractivity contribution in [3.63, 3.8) is 0 Å². The third kappa shape index (κ3) is 4.63. The Morgan fingerprint density at radius 3 is 1.84 bits per heavy atom. The molecule has 0 aliphatic heterocycles.